The van der Waals surface area contributed by atoms with E-state index in [0.717, 1.165) is 11.1 Å². The molecular weight excluding hydrogens is 414 g/mol. The Balaban J connectivity index is 1.77. The lowest BCUT2D eigenvalue weighted by Gasteiger charge is -2.23. The highest BCUT2D eigenvalue weighted by atomic mass is 28.3. The average Bonchev–Trinajstić information content (AvgIpc) is 2.84. The van der Waals surface area contributed by atoms with Crippen molar-refractivity contribution in [1.82, 2.24) is 5.06 Å². The van der Waals surface area contributed by atoms with E-state index in [1.54, 1.807) is 6.08 Å². The number of hydrogen-bond acceptors (Lipinski definition) is 3. The quantitative estimate of drug-likeness (QED) is 0.272. The normalized spacial score (nSPS) is 12.7. The lowest BCUT2D eigenvalue weighted by Crippen LogP contribution is -2.41. The number of hydroxylamine groups is 2. The smallest absolute Gasteiger partial charge is 0.434 e. The third-order valence-electron chi connectivity index (χ3n) is 5.19. The van der Waals surface area contributed by atoms with Gasteiger partial charge in [-0.15, -0.1) is 0 Å². The number of amides is 1. The average molecular weight is 444 g/mol. The highest BCUT2D eigenvalue weighted by Crippen LogP contribution is 2.12. The summed E-state index contributed by atoms with van der Waals surface area (Å²) in [6.07, 6.45) is 4.77. The molecule has 0 aliphatic heterocycles. The van der Waals surface area contributed by atoms with Gasteiger partial charge in [-0.2, -0.15) is 5.06 Å². The molecule has 0 fully saturated rings. The fourth-order valence-electron chi connectivity index (χ4n) is 3.21. The first kappa shape index (κ1) is 23.3. The Hall–Kier alpha value is -3.41. The van der Waals surface area contributed by atoms with Crippen molar-refractivity contribution in [2.24, 2.45) is 0 Å². The summed E-state index contributed by atoms with van der Waals surface area (Å²) in [5.74, 6) is 0. The van der Waals surface area contributed by atoms with Crippen molar-refractivity contribution in [1.29, 1.82) is 0 Å². The van der Waals surface area contributed by atoms with Crippen molar-refractivity contribution in [3.8, 4) is 0 Å². The predicted molar refractivity (Wildman–Crippen MR) is 132 cm³/mol. The van der Waals surface area contributed by atoms with E-state index in [4.69, 9.17) is 4.74 Å². The number of rotatable bonds is 8. The molecule has 1 unspecified atom stereocenters. The first-order chi connectivity index (χ1) is 15.5. The summed E-state index contributed by atoms with van der Waals surface area (Å²) >= 11 is 0. The van der Waals surface area contributed by atoms with Gasteiger partial charge in [-0.05, 0) is 11.1 Å². The molecule has 1 amide bonds. The molecule has 0 aromatic heterocycles. The lowest BCUT2D eigenvalue weighted by atomic mass is 10.1. The maximum Gasteiger partial charge on any atom is 0.434 e. The number of carbonyl (C=O) groups excluding carboxylic acids is 1. The van der Waals surface area contributed by atoms with Crippen LogP contribution in [0.1, 0.15) is 11.1 Å². The molecule has 4 nitrogen and oxygen atoms in total. The molecule has 0 saturated heterocycles. The Kier molecular flexibility index (Phi) is 8.19. The maximum absolute atomic E-state index is 12.6. The molecule has 0 radical (unpaired) electrons. The van der Waals surface area contributed by atoms with Gasteiger partial charge in [0, 0.05) is 0 Å². The van der Waals surface area contributed by atoms with E-state index < -0.39 is 20.2 Å². The van der Waals surface area contributed by atoms with Gasteiger partial charge in [-0.25, -0.2) is 4.79 Å². The number of carbonyl (C=O) groups is 1. The molecule has 3 rings (SSSR count). The zero-order valence-corrected chi connectivity index (χ0v) is 19.5. The van der Waals surface area contributed by atoms with E-state index >= 15 is 0 Å². The van der Waals surface area contributed by atoms with Gasteiger partial charge < -0.3 is 4.74 Å². The van der Waals surface area contributed by atoms with Crippen LogP contribution in [0.15, 0.2) is 109 Å². The Labute approximate surface area is 191 Å². The minimum atomic E-state index is -1.91. The van der Waals surface area contributed by atoms with Crippen molar-refractivity contribution in [2.75, 3.05) is 0 Å². The monoisotopic (exact) mass is 443 g/mol. The molecule has 0 bridgehead atoms. The van der Waals surface area contributed by atoms with Gasteiger partial charge in [-0.1, -0.05) is 133 Å². The van der Waals surface area contributed by atoms with E-state index in [1.807, 2.05) is 91.0 Å². The van der Waals surface area contributed by atoms with Gasteiger partial charge in [0.25, 0.3) is 0 Å². The molecule has 0 saturated carbocycles. The third-order valence-corrected chi connectivity index (χ3v) is 8.04. The third kappa shape index (κ3) is 6.80. The van der Waals surface area contributed by atoms with Gasteiger partial charge in [0.15, 0.2) is 0 Å². The van der Waals surface area contributed by atoms with Crippen LogP contribution in [0.25, 0.3) is 6.08 Å². The Morgan fingerprint density at radius 1 is 0.906 bits per heavy atom. The molecule has 1 atom stereocenters. The van der Waals surface area contributed by atoms with E-state index in [9.17, 15) is 10.0 Å². The second-order valence-corrected chi connectivity index (χ2v) is 12.4. The van der Waals surface area contributed by atoms with Crippen LogP contribution < -0.4 is 5.19 Å². The Morgan fingerprint density at radius 3 is 2.09 bits per heavy atom. The summed E-state index contributed by atoms with van der Waals surface area (Å²) in [5.41, 5.74) is 3.98. The Morgan fingerprint density at radius 2 is 1.47 bits per heavy atom. The van der Waals surface area contributed by atoms with Crippen LogP contribution in [0.3, 0.4) is 0 Å². The van der Waals surface area contributed by atoms with E-state index in [-0.39, 0.29) is 6.61 Å². The van der Waals surface area contributed by atoms with Gasteiger partial charge in [0.1, 0.15) is 14.7 Å². The van der Waals surface area contributed by atoms with Gasteiger partial charge in [0.2, 0.25) is 0 Å². The summed E-state index contributed by atoms with van der Waals surface area (Å²) in [5, 5.41) is 12.6. The van der Waals surface area contributed by atoms with Crippen molar-refractivity contribution >= 4 is 25.4 Å². The second kappa shape index (κ2) is 11.3. The highest BCUT2D eigenvalue weighted by molar-refractivity contribution is 6.93. The minimum Gasteiger partial charge on any atom is -0.443 e. The van der Waals surface area contributed by atoms with E-state index in [2.05, 4.69) is 30.9 Å². The number of hydrogen-bond donors (Lipinski definition) is 1. The van der Waals surface area contributed by atoms with Crippen LogP contribution in [0.4, 0.5) is 4.79 Å². The molecule has 164 valence electrons. The maximum atomic E-state index is 12.6. The second-order valence-electron chi connectivity index (χ2n) is 8.09. The van der Waals surface area contributed by atoms with Crippen LogP contribution in [-0.2, 0) is 11.3 Å². The molecule has 32 heavy (non-hydrogen) atoms. The number of benzene rings is 3. The highest BCUT2D eigenvalue weighted by Gasteiger charge is 2.23. The predicted octanol–water partition coefficient (Wildman–Crippen LogP) is 5.81. The summed E-state index contributed by atoms with van der Waals surface area (Å²) in [6, 6.07) is 28.8. The van der Waals surface area contributed by atoms with Crippen LogP contribution in [0, 0.1) is 0 Å². The molecule has 0 aliphatic carbocycles. The summed E-state index contributed by atoms with van der Waals surface area (Å²) in [6.45, 7) is 4.55. The minimum absolute atomic E-state index is 0.0970. The lowest BCUT2D eigenvalue weighted by molar-refractivity contribution is -0.0840. The van der Waals surface area contributed by atoms with Gasteiger partial charge in [0.05, 0.1) is 6.04 Å². The van der Waals surface area contributed by atoms with E-state index in [1.165, 1.54) is 5.19 Å². The largest absolute Gasteiger partial charge is 0.443 e. The molecule has 3 aromatic carbocycles. The van der Waals surface area contributed by atoms with Crippen molar-refractivity contribution in [3.63, 3.8) is 0 Å². The summed E-state index contributed by atoms with van der Waals surface area (Å²) < 4.78 is 5.32. The fraction of sp³-hybridized carbons (Fsp3) is 0.148. The van der Waals surface area contributed by atoms with Crippen molar-refractivity contribution < 1.29 is 14.7 Å². The van der Waals surface area contributed by atoms with Gasteiger partial charge >= 0.3 is 6.09 Å². The van der Waals surface area contributed by atoms with Crippen LogP contribution in [0.2, 0.25) is 13.1 Å². The molecule has 0 heterocycles. The standard InChI is InChI=1S/C27H29NO3Si/c1-32(2,26-16-10-5-11-17-26)21-20-25(19-18-23-12-6-3-7-13-23)28(30)27(29)31-22-24-14-8-4-9-15-24/h3-21,25,30H,22H2,1-2H3/b19-18+,21-20+. The molecule has 0 aliphatic rings. The van der Waals surface area contributed by atoms with Gasteiger partial charge in [-0.3, -0.25) is 5.21 Å². The summed E-state index contributed by atoms with van der Waals surface area (Å²) in [4.78, 5) is 12.6. The fourth-order valence-corrected chi connectivity index (χ4v) is 5.13. The van der Waals surface area contributed by atoms with Crippen LogP contribution >= 0.6 is 0 Å². The number of nitrogens with zero attached hydrogens (tertiary/aromatic N) is 1. The number of ether oxygens (including phenoxy) is 1. The van der Waals surface area contributed by atoms with Crippen molar-refractivity contribution in [2.45, 2.75) is 25.7 Å². The molecular formula is C27H29NO3Si. The van der Waals surface area contributed by atoms with E-state index in [0.29, 0.717) is 5.06 Å². The first-order valence-corrected chi connectivity index (χ1v) is 13.7. The van der Waals surface area contributed by atoms with Crippen molar-refractivity contribution in [3.05, 3.63) is 120 Å². The van der Waals surface area contributed by atoms with Crippen LogP contribution in [-0.4, -0.2) is 30.5 Å². The SMILES string of the molecule is C[Si](C)(/C=C/C(/C=C/c1ccccc1)N(O)C(=O)OCc1ccccc1)c1ccccc1. The molecule has 1 N–H and O–H groups in total. The molecule has 5 heteroatoms. The topological polar surface area (TPSA) is 49.8 Å². The Bertz CT molecular complexity index is 1030. The summed E-state index contributed by atoms with van der Waals surface area (Å²) in [7, 11) is -1.91. The van der Waals surface area contributed by atoms with Crippen LogP contribution in [0.5, 0.6) is 0 Å². The zero-order valence-electron chi connectivity index (χ0n) is 18.5. The zero-order chi connectivity index (χ0) is 22.8. The first-order valence-electron chi connectivity index (χ1n) is 10.6. The molecule has 3 aromatic rings. The molecule has 0 spiro atoms.